The van der Waals surface area contributed by atoms with Crippen molar-refractivity contribution in [2.75, 3.05) is 11.1 Å². The number of fused-ring (bicyclic) bond motifs is 1. The lowest BCUT2D eigenvalue weighted by Crippen LogP contribution is -2.07. The van der Waals surface area contributed by atoms with Crippen molar-refractivity contribution in [1.29, 1.82) is 0 Å². The smallest absolute Gasteiger partial charge is 0.232 e. The Morgan fingerprint density at radius 2 is 2.00 bits per heavy atom. The van der Waals surface area contributed by atoms with Crippen LogP contribution in [0.1, 0.15) is 11.4 Å². The van der Waals surface area contributed by atoms with Gasteiger partial charge in [0.25, 0.3) is 0 Å². The number of para-hydroxylation sites is 1. The SMILES string of the molecule is Cc1ccccc1Nc1nc(N)nc(CSc2ncnc3ccsc23)n1. The van der Waals surface area contributed by atoms with Gasteiger partial charge < -0.3 is 11.1 Å². The van der Waals surface area contributed by atoms with E-state index >= 15 is 0 Å². The third-order valence-electron chi connectivity index (χ3n) is 3.64. The van der Waals surface area contributed by atoms with E-state index in [2.05, 4.69) is 30.2 Å². The number of hydrogen-bond acceptors (Lipinski definition) is 9. The number of benzene rings is 1. The molecule has 0 aliphatic rings. The summed E-state index contributed by atoms with van der Waals surface area (Å²) in [5.74, 6) is 1.77. The Labute approximate surface area is 158 Å². The minimum absolute atomic E-state index is 0.190. The summed E-state index contributed by atoms with van der Waals surface area (Å²) in [6.45, 7) is 2.02. The highest BCUT2D eigenvalue weighted by Crippen LogP contribution is 2.30. The minimum atomic E-state index is 0.190. The summed E-state index contributed by atoms with van der Waals surface area (Å²) in [4.78, 5) is 21.5. The van der Waals surface area contributed by atoms with Crippen LogP contribution in [0.4, 0.5) is 17.6 Å². The Morgan fingerprint density at radius 3 is 2.88 bits per heavy atom. The first-order valence-electron chi connectivity index (χ1n) is 7.83. The maximum absolute atomic E-state index is 5.86. The van der Waals surface area contributed by atoms with E-state index in [1.165, 1.54) is 0 Å². The van der Waals surface area contributed by atoms with Crippen LogP contribution in [-0.2, 0) is 5.75 Å². The lowest BCUT2D eigenvalue weighted by Gasteiger charge is -2.09. The number of nitrogens with zero attached hydrogens (tertiary/aromatic N) is 5. The van der Waals surface area contributed by atoms with Gasteiger partial charge in [0, 0.05) is 5.69 Å². The predicted octanol–water partition coefficient (Wildman–Crippen LogP) is 3.80. The van der Waals surface area contributed by atoms with Gasteiger partial charge in [0.1, 0.15) is 17.2 Å². The van der Waals surface area contributed by atoms with Gasteiger partial charge in [0.2, 0.25) is 11.9 Å². The first-order valence-corrected chi connectivity index (χ1v) is 9.69. The van der Waals surface area contributed by atoms with Crippen molar-refractivity contribution in [2.45, 2.75) is 17.7 Å². The van der Waals surface area contributed by atoms with Crippen molar-refractivity contribution >= 4 is 50.9 Å². The molecule has 0 aliphatic carbocycles. The van der Waals surface area contributed by atoms with Gasteiger partial charge in [-0.05, 0) is 30.0 Å². The quantitative estimate of drug-likeness (QED) is 0.397. The first-order chi connectivity index (χ1) is 12.7. The van der Waals surface area contributed by atoms with Crippen molar-refractivity contribution in [3.63, 3.8) is 0 Å². The molecule has 7 nitrogen and oxygen atoms in total. The molecule has 0 spiro atoms. The molecule has 0 amide bonds. The Morgan fingerprint density at radius 1 is 1.12 bits per heavy atom. The Bertz CT molecular complexity index is 1060. The van der Waals surface area contributed by atoms with Gasteiger partial charge in [0.15, 0.2) is 0 Å². The largest absolute Gasteiger partial charge is 0.368 e. The molecule has 0 unspecified atom stereocenters. The molecular weight excluding hydrogens is 366 g/mol. The van der Waals surface area contributed by atoms with Crippen molar-refractivity contribution in [2.24, 2.45) is 0 Å². The number of anilines is 3. The van der Waals surface area contributed by atoms with E-state index in [1.807, 2.05) is 42.6 Å². The normalized spacial score (nSPS) is 11.0. The number of nitrogens with one attached hydrogen (secondary N) is 1. The van der Waals surface area contributed by atoms with Crippen molar-refractivity contribution in [3.05, 3.63) is 53.4 Å². The van der Waals surface area contributed by atoms with E-state index in [-0.39, 0.29) is 5.95 Å². The fourth-order valence-corrected chi connectivity index (χ4v) is 4.20. The highest BCUT2D eigenvalue weighted by atomic mass is 32.2. The number of hydrogen-bond donors (Lipinski definition) is 2. The van der Waals surface area contributed by atoms with Crippen LogP contribution in [0, 0.1) is 6.92 Å². The van der Waals surface area contributed by atoms with Gasteiger partial charge in [-0.2, -0.15) is 15.0 Å². The fourth-order valence-electron chi connectivity index (χ4n) is 2.39. The number of aromatic nitrogens is 5. The first kappa shape index (κ1) is 16.7. The van der Waals surface area contributed by atoms with E-state index in [9.17, 15) is 0 Å². The summed E-state index contributed by atoms with van der Waals surface area (Å²) >= 11 is 3.18. The van der Waals surface area contributed by atoms with Crippen LogP contribution in [0.15, 0.2) is 47.1 Å². The van der Waals surface area contributed by atoms with Crippen LogP contribution in [0.2, 0.25) is 0 Å². The van der Waals surface area contributed by atoms with E-state index in [4.69, 9.17) is 5.73 Å². The van der Waals surface area contributed by atoms with Crippen LogP contribution in [0.25, 0.3) is 10.2 Å². The van der Waals surface area contributed by atoms with Crippen LogP contribution in [-0.4, -0.2) is 24.9 Å². The molecule has 3 heterocycles. The second kappa shape index (κ2) is 7.22. The molecule has 0 fully saturated rings. The summed E-state index contributed by atoms with van der Waals surface area (Å²) in [5.41, 5.74) is 8.85. The van der Waals surface area contributed by atoms with Gasteiger partial charge >= 0.3 is 0 Å². The third-order valence-corrected chi connectivity index (χ3v) is 5.66. The third kappa shape index (κ3) is 3.58. The lowest BCUT2D eigenvalue weighted by atomic mass is 10.2. The van der Waals surface area contributed by atoms with Gasteiger partial charge in [-0.25, -0.2) is 9.97 Å². The molecule has 130 valence electrons. The molecule has 26 heavy (non-hydrogen) atoms. The number of aryl methyl sites for hydroxylation is 1. The molecule has 0 aliphatic heterocycles. The van der Waals surface area contributed by atoms with Gasteiger partial charge in [-0.15, -0.1) is 11.3 Å². The van der Waals surface area contributed by atoms with E-state index < -0.39 is 0 Å². The molecule has 9 heteroatoms. The summed E-state index contributed by atoms with van der Waals surface area (Å²) in [7, 11) is 0. The summed E-state index contributed by atoms with van der Waals surface area (Å²) in [5, 5.41) is 6.12. The van der Waals surface area contributed by atoms with Crippen molar-refractivity contribution in [1.82, 2.24) is 24.9 Å². The molecule has 1 aromatic carbocycles. The molecule has 3 N–H and O–H groups in total. The number of nitrogen functional groups attached to an aromatic ring is 1. The number of thioether (sulfide) groups is 1. The summed E-state index contributed by atoms with van der Waals surface area (Å²) in [6.07, 6.45) is 1.57. The maximum atomic E-state index is 5.86. The average molecular weight is 381 g/mol. The Hall–Kier alpha value is -2.78. The Kier molecular flexibility index (Phi) is 4.63. The zero-order chi connectivity index (χ0) is 17.9. The van der Waals surface area contributed by atoms with Gasteiger partial charge in [-0.3, -0.25) is 0 Å². The molecule has 4 rings (SSSR count). The average Bonchev–Trinajstić information content (AvgIpc) is 3.11. The lowest BCUT2D eigenvalue weighted by molar-refractivity contribution is 0.979. The second-order valence-electron chi connectivity index (χ2n) is 5.48. The molecule has 0 atom stereocenters. The predicted molar refractivity (Wildman–Crippen MR) is 106 cm³/mol. The highest BCUT2D eigenvalue weighted by Gasteiger charge is 2.10. The molecule has 0 saturated carbocycles. The highest BCUT2D eigenvalue weighted by molar-refractivity contribution is 7.98. The standard InChI is InChI=1S/C17H15N7S2/c1-10-4-2-3-5-11(10)21-17-23-13(22-16(18)24-17)8-26-15-14-12(6-7-25-14)19-9-20-15/h2-7,9H,8H2,1H3,(H3,18,21,22,23,24). The van der Waals surface area contributed by atoms with E-state index in [1.54, 1.807) is 29.4 Å². The molecule has 3 aromatic heterocycles. The second-order valence-corrected chi connectivity index (χ2v) is 7.36. The fraction of sp³-hybridized carbons (Fsp3) is 0.118. The van der Waals surface area contributed by atoms with Gasteiger partial charge in [0.05, 0.1) is 16.0 Å². The van der Waals surface area contributed by atoms with Crippen LogP contribution in [0.3, 0.4) is 0 Å². The van der Waals surface area contributed by atoms with Crippen molar-refractivity contribution in [3.8, 4) is 0 Å². The summed E-state index contributed by atoms with van der Waals surface area (Å²) in [6, 6.07) is 9.91. The topological polar surface area (TPSA) is 102 Å². The molecular formula is C17H15N7S2. The number of thiophene rings is 1. The van der Waals surface area contributed by atoms with Crippen LogP contribution < -0.4 is 11.1 Å². The minimum Gasteiger partial charge on any atom is -0.368 e. The van der Waals surface area contributed by atoms with E-state index in [0.717, 1.165) is 26.5 Å². The van der Waals surface area contributed by atoms with E-state index in [0.29, 0.717) is 17.5 Å². The summed E-state index contributed by atoms with van der Waals surface area (Å²) < 4.78 is 1.07. The van der Waals surface area contributed by atoms with Crippen LogP contribution in [0.5, 0.6) is 0 Å². The maximum Gasteiger partial charge on any atom is 0.232 e. The zero-order valence-electron chi connectivity index (χ0n) is 13.9. The molecule has 4 aromatic rings. The van der Waals surface area contributed by atoms with Gasteiger partial charge in [-0.1, -0.05) is 30.0 Å². The van der Waals surface area contributed by atoms with Crippen LogP contribution >= 0.6 is 23.1 Å². The zero-order valence-corrected chi connectivity index (χ0v) is 15.5. The molecule has 0 radical (unpaired) electrons. The number of nitrogens with two attached hydrogens (primary N) is 1. The molecule has 0 saturated heterocycles. The monoisotopic (exact) mass is 381 g/mol. The Balaban J connectivity index is 1.55. The van der Waals surface area contributed by atoms with Crippen molar-refractivity contribution < 1.29 is 0 Å². The molecule has 0 bridgehead atoms. The number of rotatable bonds is 5.